The molecule has 1 aliphatic rings. The predicted octanol–water partition coefficient (Wildman–Crippen LogP) is 1.32. The number of benzene rings is 1. The number of aromatic carboxylic acids is 1. The van der Waals surface area contributed by atoms with Crippen molar-refractivity contribution in [2.75, 3.05) is 0 Å². The number of carboxylic acids is 1. The number of aliphatic imine (C=N–C) groups is 1. The quantitative estimate of drug-likeness (QED) is 0.675. The van der Waals surface area contributed by atoms with Crippen molar-refractivity contribution in [2.45, 2.75) is 6.54 Å². The van der Waals surface area contributed by atoms with Gasteiger partial charge in [-0.25, -0.2) is 4.79 Å². The smallest absolute Gasteiger partial charge is 0.335 e. The highest BCUT2D eigenvalue weighted by Crippen LogP contribution is 2.15. The molecule has 0 aliphatic carbocycles. The Kier molecular flexibility index (Phi) is 1.43. The normalized spacial score (nSPS) is 13.0. The zero-order chi connectivity index (χ0) is 8.55. The standard InChI is InChI=1S/C9H7NO2/c11-9(12)6-1-2-7-4-10-5-8(7)3-6/h1-3,5H,4H2,(H,11,12). The van der Waals surface area contributed by atoms with E-state index < -0.39 is 5.97 Å². The number of hydrogen-bond acceptors (Lipinski definition) is 2. The van der Waals surface area contributed by atoms with E-state index in [2.05, 4.69) is 4.99 Å². The van der Waals surface area contributed by atoms with Crippen LogP contribution in [-0.4, -0.2) is 17.3 Å². The Morgan fingerprint density at radius 2 is 2.33 bits per heavy atom. The van der Waals surface area contributed by atoms with Crippen LogP contribution < -0.4 is 0 Å². The molecule has 1 N–H and O–H groups in total. The summed E-state index contributed by atoms with van der Waals surface area (Å²) >= 11 is 0. The minimum Gasteiger partial charge on any atom is -0.478 e. The number of hydrogen-bond donors (Lipinski definition) is 1. The molecule has 1 aromatic carbocycles. The first-order valence-corrected chi connectivity index (χ1v) is 3.63. The second-order valence-electron chi connectivity index (χ2n) is 2.69. The third-order valence-corrected chi connectivity index (χ3v) is 1.88. The zero-order valence-electron chi connectivity index (χ0n) is 6.32. The number of rotatable bonds is 1. The van der Waals surface area contributed by atoms with Gasteiger partial charge >= 0.3 is 5.97 Å². The van der Waals surface area contributed by atoms with Crippen LogP contribution in [0.15, 0.2) is 23.2 Å². The molecule has 0 bridgehead atoms. The topological polar surface area (TPSA) is 49.7 Å². The number of fused-ring (bicyclic) bond motifs is 1. The number of carboxylic acid groups (broad SMARTS) is 1. The summed E-state index contributed by atoms with van der Waals surface area (Å²) < 4.78 is 0. The highest BCUT2D eigenvalue weighted by Gasteiger charge is 2.09. The van der Waals surface area contributed by atoms with Gasteiger partial charge in [0.25, 0.3) is 0 Å². The molecule has 1 heterocycles. The average Bonchev–Trinajstić information content (AvgIpc) is 2.49. The van der Waals surface area contributed by atoms with Crippen LogP contribution in [0.5, 0.6) is 0 Å². The Labute approximate surface area is 69.4 Å². The van der Waals surface area contributed by atoms with Gasteiger partial charge in [-0.1, -0.05) is 6.07 Å². The lowest BCUT2D eigenvalue weighted by Gasteiger charge is -1.97. The lowest BCUT2D eigenvalue weighted by atomic mass is 10.1. The molecular formula is C9H7NO2. The van der Waals surface area contributed by atoms with E-state index in [1.165, 1.54) is 0 Å². The molecule has 0 fully saturated rings. The Balaban J connectivity index is 2.51. The first-order chi connectivity index (χ1) is 5.77. The Hall–Kier alpha value is -1.64. The molecule has 3 nitrogen and oxygen atoms in total. The molecule has 0 unspecified atom stereocenters. The van der Waals surface area contributed by atoms with E-state index in [9.17, 15) is 4.79 Å². The minimum atomic E-state index is -0.891. The van der Waals surface area contributed by atoms with Crippen molar-refractivity contribution in [1.82, 2.24) is 0 Å². The van der Waals surface area contributed by atoms with Crippen molar-refractivity contribution in [1.29, 1.82) is 0 Å². The maximum absolute atomic E-state index is 10.6. The van der Waals surface area contributed by atoms with Gasteiger partial charge < -0.3 is 5.11 Å². The summed E-state index contributed by atoms with van der Waals surface area (Å²) in [6, 6.07) is 5.07. The highest BCUT2D eigenvalue weighted by molar-refractivity contribution is 5.92. The molecular weight excluding hydrogens is 154 g/mol. The van der Waals surface area contributed by atoms with Crippen LogP contribution >= 0.6 is 0 Å². The second kappa shape index (κ2) is 2.44. The molecule has 2 rings (SSSR count). The van der Waals surface area contributed by atoms with Gasteiger partial charge in [0.2, 0.25) is 0 Å². The molecule has 12 heavy (non-hydrogen) atoms. The fourth-order valence-electron chi connectivity index (χ4n) is 1.23. The molecule has 1 aliphatic heterocycles. The largest absolute Gasteiger partial charge is 0.478 e. The SMILES string of the molecule is O=C(O)c1ccc2c(c1)C=NC2. The fraction of sp³-hybridized carbons (Fsp3) is 0.111. The number of nitrogens with zero attached hydrogens (tertiary/aromatic N) is 1. The third-order valence-electron chi connectivity index (χ3n) is 1.88. The van der Waals surface area contributed by atoms with Gasteiger partial charge in [0.05, 0.1) is 12.1 Å². The van der Waals surface area contributed by atoms with Crippen molar-refractivity contribution < 1.29 is 9.90 Å². The van der Waals surface area contributed by atoms with Crippen LogP contribution in [0.1, 0.15) is 21.5 Å². The maximum Gasteiger partial charge on any atom is 0.335 e. The van der Waals surface area contributed by atoms with E-state index in [-0.39, 0.29) is 0 Å². The number of carbonyl (C=O) groups is 1. The lowest BCUT2D eigenvalue weighted by Crippen LogP contribution is -1.97. The van der Waals surface area contributed by atoms with Crippen molar-refractivity contribution in [3.63, 3.8) is 0 Å². The summed E-state index contributed by atoms with van der Waals surface area (Å²) in [5, 5.41) is 8.67. The summed E-state index contributed by atoms with van der Waals surface area (Å²) in [6.45, 7) is 0.676. The zero-order valence-corrected chi connectivity index (χ0v) is 6.32. The monoisotopic (exact) mass is 161 g/mol. The van der Waals surface area contributed by atoms with Crippen molar-refractivity contribution in [3.05, 3.63) is 34.9 Å². The summed E-state index contributed by atoms with van der Waals surface area (Å²) in [7, 11) is 0. The van der Waals surface area contributed by atoms with Gasteiger partial charge in [0, 0.05) is 6.21 Å². The van der Waals surface area contributed by atoms with E-state index in [4.69, 9.17) is 5.11 Å². The first-order valence-electron chi connectivity index (χ1n) is 3.63. The van der Waals surface area contributed by atoms with Crippen LogP contribution in [0.3, 0.4) is 0 Å². The van der Waals surface area contributed by atoms with Gasteiger partial charge in [0.15, 0.2) is 0 Å². The lowest BCUT2D eigenvalue weighted by molar-refractivity contribution is 0.0697. The summed E-state index contributed by atoms with van der Waals surface area (Å²) in [6.07, 6.45) is 1.71. The van der Waals surface area contributed by atoms with Crippen LogP contribution in [0, 0.1) is 0 Å². The molecule has 60 valence electrons. The van der Waals surface area contributed by atoms with Crippen LogP contribution in [0.4, 0.5) is 0 Å². The van der Waals surface area contributed by atoms with Crippen molar-refractivity contribution in [3.8, 4) is 0 Å². The average molecular weight is 161 g/mol. The molecule has 3 heteroatoms. The first kappa shape index (κ1) is 7.03. The Morgan fingerprint density at radius 1 is 1.50 bits per heavy atom. The van der Waals surface area contributed by atoms with Crippen molar-refractivity contribution >= 4 is 12.2 Å². The Morgan fingerprint density at radius 3 is 3.08 bits per heavy atom. The summed E-state index contributed by atoms with van der Waals surface area (Å²) in [4.78, 5) is 14.6. The molecule has 0 saturated heterocycles. The molecule has 1 aromatic rings. The maximum atomic E-state index is 10.6. The van der Waals surface area contributed by atoms with E-state index in [0.717, 1.165) is 11.1 Å². The third kappa shape index (κ3) is 0.993. The van der Waals surface area contributed by atoms with Gasteiger partial charge in [0.1, 0.15) is 0 Å². The summed E-state index contributed by atoms with van der Waals surface area (Å²) in [5.74, 6) is -0.891. The van der Waals surface area contributed by atoms with Gasteiger partial charge in [-0.2, -0.15) is 0 Å². The molecule has 0 aromatic heterocycles. The molecule has 0 saturated carbocycles. The molecule has 0 atom stereocenters. The molecule has 0 amide bonds. The fourth-order valence-corrected chi connectivity index (χ4v) is 1.23. The minimum absolute atomic E-state index is 0.321. The Bertz CT molecular complexity index is 369. The van der Waals surface area contributed by atoms with Crippen molar-refractivity contribution in [2.24, 2.45) is 4.99 Å². The molecule has 0 spiro atoms. The van der Waals surface area contributed by atoms with E-state index in [1.807, 2.05) is 6.07 Å². The van der Waals surface area contributed by atoms with Gasteiger partial charge in [-0.15, -0.1) is 0 Å². The van der Waals surface area contributed by atoms with E-state index >= 15 is 0 Å². The van der Waals surface area contributed by atoms with Crippen LogP contribution in [0.25, 0.3) is 0 Å². The van der Waals surface area contributed by atoms with Crippen LogP contribution in [-0.2, 0) is 6.54 Å². The predicted molar refractivity (Wildman–Crippen MR) is 44.7 cm³/mol. The van der Waals surface area contributed by atoms with E-state index in [1.54, 1.807) is 18.3 Å². The highest BCUT2D eigenvalue weighted by atomic mass is 16.4. The van der Waals surface area contributed by atoms with E-state index in [0.29, 0.717) is 12.1 Å². The summed E-state index contributed by atoms with van der Waals surface area (Å²) in [5.41, 5.74) is 2.34. The second-order valence-corrected chi connectivity index (χ2v) is 2.69. The van der Waals surface area contributed by atoms with Gasteiger partial charge in [-0.3, -0.25) is 4.99 Å². The molecule has 0 radical (unpaired) electrons. The van der Waals surface area contributed by atoms with Crippen LogP contribution in [0.2, 0.25) is 0 Å². The van der Waals surface area contributed by atoms with Gasteiger partial charge in [-0.05, 0) is 23.3 Å².